The molecule has 0 saturated heterocycles. The Morgan fingerprint density at radius 1 is 1.12 bits per heavy atom. The van der Waals surface area contributed by atoms with E-state index in [1.54, 1.807) is 29.1 Å². The lowest BCUT2D eigenvalue weighted by atomic mass is 10.1. The maximum absolute atomic E-state index is 12.7. The molecular formula is C19H17N3O3. The van der Waals surface area contributed by atoms with Crippen LogP contribution in [0.4, 0.5) is 5.69 Å². The maximum Gasteiger partial charge on any atom is 0.337 e. The van der Waals surface area contributed by atoms with E-state index in [9.17, 15) is 9.59 Å². The zero-order valence-electron chi connectivity index (χ0n) is 13.9. The number of amides is 1. The Morgan fingerprint density at radius 2 is 1.88 bits per heavy atom. The Bertz CT molecular complexity index is 917. The number of nitrogens with zero attached hydrogens (tertiary/aromatic N) is 2. The van der Waals surface area contributed by atoms with Crippen LogP contribution in [0, 0.1) is 6.92 Å². The van der Waals surface area contributed by atoms with Gasteiger partial charge in [-0.1, -0.05) is 24.3 Å². The van der Waals surface area contributed by atoms with Crippen molar-refractivity contribution in [1.82, 2.24) is 9.55 Å². The first-order valence-electron chi connectivity index (χ1n) is 7.68. The number of hydrogen-bond donors (Lipinski definition) is 1. The lowest BCUT2D eigenvalue weighted by molar-refractivity contribution is 0.0600. The van der Waals surface area contributed by atoms with Crippen LogP contribution in [0.15, 0.2) is 61.1 Å². The van der Waals surface area contributed by atoms with Gasteiger partial charge in [0.15, 0.2) is 0 Å². The Morgan fingerprint density at radius 3 is 2.60 bits per heavy atom. The Hall–Kier alpha value is -3.41. The number of aryl methyl sites for hydroxylation is 1. The fourth-order valence-corrected chi connectivity index (χ4v) is 2.45. The zero-order valence-corrected chi connectivity index (χ0v) is 13.9. The highest BCUT2D eigenvalue weighted by Crippen LogP contribution is 2.19. The average Bonchev–Trinajstić information content (AvgIpc) is 3.13. The van der Waals surface area contributed by atoms with E-state index in [2.05, 4.69) is 10.3 Å². The fraction of sp³-hybridized carbons (Fsp3) is 0.105. The van der Waals surface area contributed by atoms with E-state index >= 15 is 0 Å². The van der Waals surface area contributed by atoms with E-state index in [-0.39, 0.29) is 5.91 Å². The summed E-state index contributed by atoms with van der Waals surface area (Å²) in [6.07, 6.45) is 3.09. The van der Waals surface area contributed by atoms with Crippen LogP contribution < -0.4 is 5.32 Å². The van der Waals surface area contributed by atoms with Crippen LogP contribution in [-0.2, 0) is 4.74 Å². The van der Waals surface area contributed by atoms with Gasteiger partial charge in [-0.05, 0) is 36.8 Å². The number of carbonyl (C=O) groups excluding carboxylic acids is 2. The first-order valence-corrected chi connectivity index (χ1v) is 7.68. The second-order valence-corrected chi connectivity index (χ2v) is 5.46. The van der Waals surface area contributed by atoms with E-state index in [0.29, 0.717) is 16.9 Å². The van der Waals surface area contributed by atoms with Gasteiger partial charge in [-0.25, -0.2) is 9.78 Å². The van der Waals surface area contributed by atoms with Crippen molar-refractivity contribution in [3.8, 4) is 5.69 Å². The van der Waals surface area contributed by atoms with E-state index < -0.39 is 5.97 Å². The summed E-state index contributed by atoms with van der Waals surface area (Å²) in [6.45, 7) is 1.85. The minimum Gasteiger partial charge on any atom is -0.465 e. The number of aromatic nitrogens is 2. The monoisotopic (exact) mass is 335 g/mol. The molecule has 126 valence electrons. The molecule has 3 aromatic rings. The Labute approximate surface area is 145 Å². The molecular weight excluding hydrogens is 318 g/mol. The molecule has 0 aliphatic heterocycles. The van der Waals surface area contributed by atoms with Crippen LogP contribution in [-0.4, -0.2) is 28.5 Å². The third-order valence-electron chi connectivity index (χ3n) is 3.81. The molecule has 0 aliphatic carbocycles. The van der Waals surface area contributed by atoms with Crippen molar-refractivity contribution in [2.45, 2.75) is 6.92 Å². The molecule has 0 radical (unpaired) electrons. The standard InChI is InChI=1S/C19H17N3O3/c1-13-8-9-14(19(24)25-2)10-16(13)21-18(23)17-11-20-12-22(17)15-6-4-3-5-7-15/h3-12H,1-2H3,(H,21,23). The molecule has 0 saturated carbocycles. The van der Waals surface area contributed by atoms with Crippen molar-refractivity contribution >= 4 is 17.6 Å². The summed E-state index contributed by atoms with van der Waals surface area (Å²) in [5.41, 5.74) is 3.00. The molecule has 1 heterocycles. The SMILES string of the molecule is COC(=O)c1ccc(C)c(NC(=O)c2cncn2-c2ccccc2)c1. The van der Waals surface area contributed by atoms with Crippen LogP contribution in [0.25, 0.3) is 5.69 Å². The molecule has 2 aromatic carbocycles. The largest absolute Gasteiger partial charge is 0.465 e. The highest BCUT2D eigenvalue weighted by molar-refractivity contribution is 6.04. The molecule has 0 unspecified atom stereocenters. The third-order valence-corrected chi connectivity index (χ3v) is 3.81. The number of nitrogens with one attached hydrogen (secondary N) is 1. The Balaban J connectivity index is 1.89. The van der Waals surface area contributed by atoms with Gasteiger partial charge in [0, 0.05) is 11.4 Å². The third kappa shape index (κ3) is 3.42. The first-order chi connectivity index (χ1) is 12.1. The second-order valence-electron chi connectivity index (χ2n) is 5.46. The number of hydrogen-bond acceptors (Lipinski definition) is 4. The van der Waals surface area contributed by atoms with Gasteiger partial charge in [0.2, 0.25) is 0 Å². The van der Waals surface area contributed by atoms with Crippen LogP contribution in [0.3, 0.4) is 0 Å². The summed E-state index contributed by atoms with van der Waals surface area (Å²) in [5, 5.41) is 2.83. The number of imidazole rings is 1. The molecule has 3 rings (SSSR count). The van der Waals surface area contributed by atoms with Crippen molar-refractivity contribution in [1.29, 1.82) is 0 Å². The van der Waals surface area contributed by atoms with Gasteiger partial charge in [0.25, 0.3) is 5.91 Å². The maximum atomic E-state index is 12.7. The number of para-hydroxylation sites is 1. The van der Waals surface area contributed by atoms with Gasteiger partial charge in [-0.2, -0.15) is 0 Å². The van der Waals surface area contributed by atoms with Gasteiger partial charge in [-0.15, -0.1) is 0 Å². The number of rotatable bonds is 4. The topological polar surface area (TPSA) is 73.2 Å². The molecule has 0 fully saturated rings. The summed E-state index contributed by atoms with van der Waals surface area (Å²) in [4.78, 5) is 28.4. The van der Waals surface area contributed by atoms with Crippen molar-refractivity contribution < 1.29 is 14.3 Å². The number of esters is 1. The van der Waals surface area contributed by atoms with E-state index in [1.807, 2.05) is 37.3 Å². The molecule has 0 atom stereocenters. The van der Waals surface area contributed by atoms with Gasteiger partial charge >= 0.3 is 5.97 Å². The molecule has 25 heavy (non-hydrogen) atoms. The summed E-state index contributed by atoms with van der Waals surface area (Å²) in [7, 11) is 1.32. The number of methoxy groups -OCH3 is 1. The molecule has 1 aromatic heterocycles. The van der Waals surface area contributed by atoms with Crippen molar-refractivity contribution in [2.24, 2.45) is 0 Å². The van der Waals surface area contributed by atoms with E-state index in [0.717, 1.165) is 11.3 Å². The molecule has 0 spiro atoms. The van der Waals surface area contributed by atoms with Crippen molar-refractivity contribution in [3.63, 3.8) is 0 Å². The van der Waals surface area contributed by atoms with Gasteiger partial charge in [0.05, 0.1) is 25.2 Å². The Kier molecular flexibility index (Phi) is 4.61. The predicted molar refractivity (Wildman–Crippen MR) is 94.0 cm³/mol. The van der Waals surface area contributed by atoms with Crippen LogP contribution in [0.5, 0.6) is 0 Å². The van der Waals surface area contributed by atoms with Crippen LogP contribution >= 0.6 is 0 Å². The highest BCUT2D eigenvalue weighted by Gasteiger charge is 2.15. The summed E-state index contributed by atoms with van der Waals surface area (Å²) >= 11 is 0. The second kappa shape index (κ2) is 7.00. The van der Waals surface area contributed by atoms with Crippen LogP contribution in [0.2, 0.25) is 0 Å². The van der Waals surface area contributed by atoms with E-state index in [4.69, 9.17) is 4.74 Å². The quantitative estimate of drug-likeness (QED) is 0.743. The summed E-state index contributed by atoms with van der Waals surface area (Å²) in [5.74, 6) is -0.767. The predicted octanol–water partition coefficient (Wildman–Crippen LogP) is 3.22. The average molecular weight is 335 g/mol. The molecule has 0 bridgehead atoms. The summed E-state index contributed by atoms with van der Waals surface area (Å²) < 4.78 is 6.42. The van der Waals surface area contributed by atoms with E-state index in [1.165, 1.54) is 13.3 Å². The van der Waals surface area contributed by atoms with Gasteiger partial charge < -0.3 is 10.1 Å². The smallest absolute Gasteiger partial charge is 0.337 e. The number of ether oxygens (including phenoxy) is 1. The number of carbonyl (C=O) groups is 2. The van der Waals surface area contributed by atoms with Crippen molar-refractivity contribution in [3.05, 3.63) is 77.9 Å². The first kappa shape index (κ1) is 16.4. The molecule has 1 N–H and O–H groups in total. The van der Waals surface area contributed by atoms with Crippen LogP contribution in [0.1, 0.15) is 26.4 Å². The minimum absolute atomic E-state index is 0.313. The molecule has 6 nitrogen and oxygen atoms in total. The molecule has 0 aliphatic rings. The lowest BCUT2D eigenvalue weighted by Crippen LogP contribution is -2.17. The highest BCUT2D eigenvalue weighted by atomic mass is 16.5. The summed E-state index contributed by atoms with van der Waals surface area (Å²) in [6, 6.07) is 14.5. The minimum atomic E-state index is -0.454. The van der Waals surface area contributed by atoms with Gasteiger partial charge in [0.1, 0.15) is 5.69 Å². The zero-order chi connectivity index (χ0) is 17.8. The molecule has 1 amide bonds. The molecule has 6 heteroatoms. The fourth-order valence-electron chi connectivity index (χ4n) is 2.45. The van der Waals surface area contributed by atoms with Crippen molar-refractivity contribution in [2.75, 3.05) is 12.4 Å². The van der Waals surface area contributed by atoms with Gasteiger partial charge in [-0.3, -0.25) is 9.36 Å². The number of benzene rings is 2. The number of anilines is 1. The normalized spacial score (nSPS) is 10.3. The lowest BCUT2D eigenvalue weighted by Gasteiger charge is -2.11.